The minimum absolute atomic E-state index is 0.0863. The Balaban J connectivity index is 1.38. The molecule has 3 aromatic carbocycles. The van der Waals surface area contributed by atoms with Gasteiger partial charge in [-0.1, -0.05) is 35.9 Å². The first-order valence-corrected chi connectivity index (χ1v) is 10.7. The molecular weight excluding hydrogens is 410 g/mol. The standard InChI is InChI=1S/C24H23N3O3S/c1-18-7-13-22(14-8-18)31-17-24(29)27-25-15-19-9-11-21(12-10-19)30-16-23(28)26-20-5-3-2-4-6-20/h2-15H,16-17H2,1H3,(H,26,28)(H,27,29)/b25-15-. The molecule has 0 fully saturated rings. The molecule has 0 aliphatic heterocycles. The van der Waals surface area contributed by atoms with Gasteiger partial charge in [0.15, 0.2) is 6.61 Å². The lowest BCUT2D eigenvalue weighted by molar-refractivity contribution is -0.119. The number of aryl methyl sites for hydroxylation is 1. The summed E-state index contributed by atoms with van der Waals surface area (Å²) in [6.07, 6.45) is 1.56. The average molecular weight is 434 g/mol. The number of rotatable bonds is 9. The van der Waals surface area contributed by atoms with Crippen molar-refractivity contribution < 1.29 is 14.3 Å². The number of anilines is 1. The van der Waals surface area contributed by atoms with Crippen molar-refractivity contribution in [3.8, 4) is 5.75 Å². The lowest BCUT2D eigenvalue weighted by atomic mass is 10.2. The Morgan fingerprint density at radius 3 is 2.35 bits per heavy atom. The number of hydrogen-bond acceptors (Lipinski definition) is 5. The van der Waals surface area contributed by atoms with Gasteiger partial charge in [-0.2, -0.15) is 5.10 Å². The largest absolute Gasteiger partial charge is 0.484 e. The number of carbonyl (C=O) groups excluding carboxylic acids is 2. The molecule has 0 atom stereocenters. The second-order valence-electron chi connectivity index (χ2n) is 6.67. The van der Waals surface area contributed by atoms with E-state index in [1.165, 1.54) is 17.3 Å². The van der Waals surface area contributed by atoms with Crippen molar-refractivity contribution in [2.24, 2.45) is 5.10 Å². The number of hydrazone groups is 1. The molecule has 3 rings (SSSR count). The zero-order valence-electron chi connectivity index (χ0n) is 17.1. The number of nitrogens with one attached hydrogen (secondary N) is 2. The Morgan fingerprint density at radius 2 is 1.65 bits per heavy atom. The number of ether oxygens (including phenoxy) is 1. The van der Waals surface area contributed by atoms with Crippen molar-refractivity contribution in [2.45, 2.75) is 11.8 Å². The molecule has 6 nitrogen and oxygen atoms in total. The van der Waals surface area contributed by atoms with Crippen LogP contribution in [0, 0.1) is 6.92 Å². The normalized spacial score (nSPS) is 10.6. The number of carbonyl (C=O) groups is 2. The predicted octanol–water partition coefficient (Wildman–Crippen LogP) is 4.25. The number of thioether (sulfide) groups is 1. The third-order valence-corrected chi connectivity index (χ3v) is 5.11. The molecule has 0 aromatic heterocycles. The van der Waals surface area contributed by atoms with Crippen LogP contribution < -0.4 is 15.5 Å². The zero-order chi connectivity index (χ0) is 21.9. The smallest absolute Gasteiger partial charge is 0.262 e. The molecule has 0 unspecified atom stereocenters. The summed E-state index contributed by atoms with van der Waals surface area (Å²) in [6, 6.07) is 24.3. The molecule has 0 bridgehead atoms. The minimum atomic E-state index is -0.233. The molecule has 2 N–H and O–H groups in total. The van der Waals surface area contributed by atoms with E-state index in [9.17, 15) is 9.59 Å². The topological polar surface area (TPSA) is 79.8 Å². The molecule has 158 valence electrons. The van der Waals surface area contributed by atoms with Gasteiger partial charge < -0.3 is 10.1 Å². The lowest BCUT2D eigenvalue weighted by Crippen LogP contribution is -2.20. The number of benzene rings is 3. The van der Waals surface area contributed by atoms with Crippen LogP contribution in [0.15, 0.2) is 88.9 Å². The molecular formula is C24H23N3O3S. The maximum Gasteiger partial charge on any atom is 0.262 e. The third-order valence-electron chi connectivity index (χ3n) is 4.10. The fourth-order valence-corrected chi connectivity index (χ4v) is 3.20. The summed E-state index contributed by atoms with van der Waals surface area (Å²) in [7, 11) is 0. The summed E-state index contributed by atoms with van der Waals surface area (Å²) in [5, 5.41) is 6.73. The van der Waals surface area contributed by atoms with Gasteiger partial charge in [-0.05, 0) is 61.0 Å². The molecule has 3 aromatic rings. The van der Waals surface area contributed by atoms with E-state index in [0.717, 1.165) is 16.1 Å². The highest BCUT2D eigenvalue weighted by Gasteiger charge is 2.04. The Kier molecular flexibility index (Phi) is 8.25. The van der Waals surface area contributed by atoms with Crippen LogP contribution in [-0.2, 0) is 9.59 Å². The van der Waals surface area contributed by atoms with E-state index in [-0.39, 0.29) is 24.2 Å². The molecule has 0 spiro atoms. The van der Waals surface area contributed by atoms with Crippen molar-refractivity contribution in [2.75, 3.05) is 17.7 Å². The highest BCUT2D eigenvalue weighted by molar-refractivity contribution is 8.00. The first-order valence-electron chi connectivity index (χ1n) is 9.67. The van der Waals surface area contributed by atoms with Crippen LogP contribution in [0.2, 0.25) is 0 Å². The first kappa shape index (κ1) is 22.1. The average Bonchev–Trinajstić information content (AvgIpc) is 2.79. The van der Waals surface area contributed by atoms with Crippen molar-refractivity contribution in [3.05, 3.63) is 90.0 Å². The van der Waals surface area contributed by atoms with Gasteiger partial charge in [0.1, 0.15) is 5.75 Å². The first-order chi connectivity index (χ1) is 15.1. The SMILES string of the molecule is Cc1ccc(SCC(=O)N/N=C\c2ccc(OCC(=O)Nc3ccccc3)cc2)cc1. The maximum absolute atomic E-state index is 11.9. The van der Waals surface area contributed by atoms with Crippen LogP contribution in [-0.4, -0.2) is 30.4 Å². The predicted molar refractivity (Wildman–Crippen MR) is 125 cm³/mol. The van der Waals surface area contributed by atoms with Gasteiger partial charge in [0, 0.05) is 10.6 Å². The Hall–Kier alpha value is -3.58. The van der Waals surface area contributed by atoms with Crippen LogP contribution in [0.1, 0.15) is 11.1 Å². The minimum Gasteiger partial charge on any atom is -0.484 e. The molecule has 0 aliphatic carbocycles. The second kappa shape index (κ2) is 11.6. The van der Waals surface area contributed by atoms with Gasteiger partial charge in [0.25, 0.3) is 5.91 Å². The van der Waals surface area contributed by atoms with Gasteiger partial charge in [-0.25, -0.2) is 5.43 Å². The number of amides is 2. The number of nitrogens with zero attached hydrogens (tertiary/aromatic N) is 1. The molecule has 31 heavy (non-hydrogen) atoms. The summed E-state index contributed by atoms with van der Waals surface area (Å²) >= 11 is 1.46. The quantitative estimate of drug-likeness (QED) is 0.300. The van der Waals surface area contributed by atoms with E-state index in [2.05, 4.69) is 15.8 Å². The summed E-state index contributed by atoms with van der Waals surface area (Å²) in [5.41, 5.74) is 5.22. The van der Waals surface area contributed by atoms with E-state index in [4.69, 9.17) is 4.74 Å². The summed E-state index contributed by atoms with van der Waals surface area (Å²) in [6.45, 7) is 1.94. The monoisotopic (exact) mass is 433 g/mol. The molecule has 0 saturated carbocycles. The fourth-order valence-electron chi connectivity index (χ4n) is 2.51. The molecule has 0 radical (unpaired) electrons. The van der Waals surface area contributed by atoms with Gasteiger partial charge >= 0.3 is 0 Å². The highest BCUT2D eigenvalue weighted by Crippen LogP contribution is 2.17. The number of hydrogen-bond donors (Lipinski definition) is 2. The van der Waals surface area contributed by atoms with Crippen LogP contribution >= 0.6 is 11.8 Å². The van der Waals surface area contributed by atoms with E-state index in [0.29, 0.717) is 5.75 Å². The molecule has 0 saturated heterocycles. The van der Waals surface area contributed by atoms with E-state index >= 15 is 0 Å². The number of para-hydroxylation sites is 1. The van der Waals surface area contributed by atoms with Crippen molar-refractivity contribution >= 4 is 35.5 Å². The molecule has 2 amide bonds. The fraction of sp³-hybridized carbons (Fsp3) is 0.125. The third kappa shape index (κ3) is 7.98. The summed E-state index contributed by atoms with van der Waals surface area (Å²) < 4.78 is 5.49. The van der Waals surface area contributed by atoms with Crippen molar-refractivity contribution in [3.63, 3.8) is 0 Å². The Bertz CT molecular complexity index is 1020. The highest BCUT2D eigenvalue weighted by atomic mass is 32.2. The molecule has 0 aliphatic rings. The van der Waals surface area contributed by atoms with Crippen molar-refractivity contribution in [1.29, 1.82) is 0 Å². The second-order valence-corrected chi connectivity index (χ2v) is 7.72. The van der Waals surface area contributed by atoms with Crippen LogP contribution in [0.4, 0.5) is 5.69 Å². The molecule has 7 heteroatoms. The summed E-state index contributed by atoms with van der Waals surface area (Å²) in [4.78, 5) is 24.9. The Labute approximate surface area is 185 Å². The lowest BCUT2D eigenvalue weighted by Gasteiger charge is -2.07. The van der Waals surface area contributed by atoms with Gasteiger partial charge in [-0.15, -0.1) is 11.8 Å². The van der Waals surface area contributed by atoms with Gasteiger partial charge in [0.05, 0.1) is 12.0 Å². The molecule has 0 heterocycles. The van der Waals surface area contributed by atoms with Crippen molar-refractivity contribution in [1.82, 2.24) is 5.43 Å². The maximum atomic E-state index is 11.9. The summed E-state index contributed by atoms with van der Waals surface area (Å²) in [5.74, 6) is 0.450. The Morgan fingerprint density at radius 1 is 0.935 bits per heavy atom. The van der Waals surface area contributed by atoms with Gasteiger partial charge in [-0.3, -0.25) is 9.59 Å². The van der Waals surface area contributed by atoms with Gasteiger partial charge in [0.2, 0.25) is 5.91 Å². The van der Waals surface area contributed by atoms with Crippen LogP contribution in [0.3, 0.4) is 0 Å². The van der Waals surface area contributed by atoms with Crippen LogP contribution in [0.5, 0.6) is 5.75 Å². The van der Waals surface area contributed by atoms with Crippen LogP contribution in [0.25, 0.3) is 0 Å². The van der Waals surface area contributed by atoms with E-state index < -0.39 is 0 Å². The zero-order valence-corrected chi connectivity index (χ0v) is 17.9. The van der Waals surface area contributed by atoms with E-state index in [1.807, 2.05) is 61.5 Å². The van der Waals surface area contributed by atoms with E-state index in [1.54, 1.807) is 30.5 Å².